The van der Waals surface area contributed by atoms with Gasteiger partial charge >= 0.3 is 5.97 Å². The summed E-state index contributed by atoms with van der Waals surface area (Å²) in [5, 5.41) is 12.3. The fourth-order valence-corrected chi connectivity index (χ4v) is 4.37. The van der Waals surface area contributed by atoms with Crippen molar-refractivity contribution < 1.29 is 14.7 Å². The van der Waals surface area contributed by atoms with Crippen LogP contribution in [-0.4, -0.2) is 23.0 Å². The van der Waals surface area contributed by atoms with E-state index in [0.717, 1.165) is 31.6 Å². The van der Waals surface area contributed by atoms with Crippen LogP contribution in [-0.2, 0) is 9.59 Å². The molecule has 0 spiro atoms. The Morgan fingerprint density at radius 3 is 2.37 bits per heavy atom. The lowest BCUT2D eigenvalue weighted by molar-refractivity contribution is -0.144. The molecule has 2 bridgehead atoms. The average Bonchev–Trinajstić information content (AvgIpc) is 3.01. The highest BCUT2D eigenvalue weighted by atomic mass is 16.4. The fraction of sp³-hybridized carbons (Fsp3) is 0.867. The third kappa shape index (κ3) is 2.63. The van der Waals surface area contributed by atoms with Crippen LogP contribution < -0.4 is 5.32 Å². The summed E-state index contributed by atoms with van der Waals surface area (Å²) in [6.07, 6.45) is 8.01. The number of amides is 1. The van der Waals surface area contributed by atoms with Crippen molar-refractivity contribution in [3.63, 3.8) is 0 Å². The zero-order valence-corrected chi connectivity index (χ0v) is 11.3. The Morgan fingerprint density at radius 2 is 1.74 bits per heavy atom. The Bertz CT molecular complexity index is 382. The molecular formula is C15H23NO3. The van der Waals surface area contributed by atoms with Gasteiger partial charge in [0, 0.05) is 12.0 Å². The molecule has 0 radical (unpaired) electrons. The van der Waals surface area contributed by atoms with Gasteiger partial charge in [-0.15, -0.1) is 0 Å². The number of carboxylic acids is 1. The number of carbonyl (C=O) groups excluding carboxylic acids is 1. The van der Waals surface area contributed by atoms with Crippen molar-refractivity contribution in [1.29, 1.82) is 0 Å². The SMILES string of the molecule is O=C(O)C1CCCC(C(=O)NC2CC3CCC2C3)C1. The van der Waals surface area contributed by atoms with E-state index in [2.05, 4.69) is 5.32 Å². The Morgan fingerprint density at radius 1 is 0.947 bits per heavy atom. The van der Waals surface area contributed by atoms with Crippen molar-refractivity contribution in [2.75, 3.05) is 0 Å². The van der Waals surface area contributed by atoms with Crippen LogP contribution in [0, 0.1) is 23.7 Å². The van der Waals surface area contributed by atoms with Crippen molar-refractivity contribution in [2.24, 2.45) is 23.7 Å². The molecule has 0 aromatic carbocycles. The first-order valence-electron chi connectivity index (χ1n) is 7.66. The van der Waals surface area contributed by atoms with Gasteiger partial charge in [-0.25, -0.2) is 0 Å². The van der Waals surface area contributed by atoms with Gasteiger partial charge in [0.05, 0.1) is 5.92 Å². The van der Waals surface area contributed by atoms with E-state index in [1.807, 2.05) is 0 Å². The van der Waals surface area contributed by atoms with Crippen LogP contribution in [0.1, 0.15) is 51.4 Å². The zero-order chi connectivity index (χ0) is 13.4. The first-order chi connectivity index (χ1) is 9.13. The second-order valence-electron chi connectivity index (χ2n) is 6.69. The monoisotopic (exact) mass is 265 g/mol. The van der Waals surface area contributed by atoms with Gasteiger partial charge in [0.2, 0.25) is 5.91 Å². The number of aliphatic carboxylic acids is 1. The van der Waals surface area contributed by atoms with Crippen molar-refractivity contribution in [2.45, 2.75) is 57.4 Å². The highest BCUT2D eigenvalue weighted by molar-refractivity contribution is 5.80. The van der Waals surface area contributed by atoms with E-state index in [9.17, 15) is 9.59 Å². The number of hydrogen-bond donors (Lipinski definition) is 2. The Kier molecular flexibility index (Phi) is 3.50. The minimum atomic E-state index is -0.738. The minimum absolute atomic E-state index is 0.0750. The Balaban J connectivity index is 1.54. The summed E-state index contributed by atoms with van der Waals surface area (Å²) >= 11 is 0. The quantitative estimate of drug-likeness (QED) is 0.822. The van der Waals surface area contributed by atoms with Crippen LogP contribution >= 0.6 is 0 Å². The lowest BCUT2D eigenvalue weighted by Gasteiger charge is -2.29. The van der Waals surface area contributed by atoms with Gasteiger partial charge in [0.15, 0.2) is 0 Å². The summed E-state index contributed by atoms with van der Waals surface area (Å²) < 4.78 is 0. The van der Waals surface area contributed by atoms with Crippen LogP contribution in [0.3, 0.4) is 0 Å². The van der Waals surface area contributed by atoms with Gasteiger partial charge in [0.1, 0.15) is 0 Å². The number of carbonyl (C=O) groups is 2. The first kappa shape index (κ1) is 12.9. The molecule has 0 aromatic rings. The predicted octanol–water partition coefficient (Wildman–Crippen LogP) is 2.18. The van der Waals surface area contributed by atoms with E-state index in [0.29, 0.717) is 18.4 Å². The highest BCUT2D eigenvalue weighted by Gasteiger charge is 2.41. The van der Waals surface area contributed by atoms with Gasteiger partial charge in [-0.1, -0.05) is 12.8 Å². The molecule has 0 aliphatic heterocycles. The highest BCUT2D eigenvalue weighted by Crippen LogP contribution is 2.44. The lowest BCUT2D eigenvalue weighted by Crippen LogP contribution is -2.43. The fourth-order valence-electron chi connectivity index (χ4n) is 4.37. The van der Waals surface area contributed by atoms with Gasteiger partial charge in [-0.05, 0) is 50.4 Å². The number of hydrogen-bond acceptors (Lipinski definition) is 2. The number of nitrogens with one attached hydrogen (secondary N) is 1. The van der Waals surface area contributed by atoms with Crippen molar-refractivity contribution in [3.05, 3.63) is 0 Å². The molecule has 1 amide bonds. The largest absolute Gasteiger partial charge is 0.481 e. The molecule has 3 aliphatic carbocycles. The molecule has 4 nitrogen and oxygen atoms in total. The van der Waals surface area contributed by atoms with Crippen molar-refractivity contribution in [3.8, 4) is 0 Å². The first-order valence-corrected chi connectivity index (χ1v) is 7.66. The third-order valence-electron chi connectivity index (χ3n) is 5.46. The molecular weight excluding hydrogens is 242 g/mol. The Hall–Kier alpha value is -1.06. The molecule has 4 heteroatoms. The average molecular weight is 265 g/mol. The van der Waals surface area contributed by atoms with Crippen LogP contribution in [0.2, 0.25) is 0 Å². The standard InChI is InChI=1S/C15H23NO3/c17-14(11-2-1-3-12(8-11)15(18)19)16-13-7-9-4-5-10(13)6-9/h9-13H,1-8H2,(H,16,17)(H,18,19). The van der Waals surface area contributed by atoms with Gasteiger partial charge < -0.3 is 10.4 Å². The molecule has 2 N–H and O–H groups in total. The molecule has 5 unspecified atom stereocenters. The molecule has 0 saturated heterocycles. The molecule has 3 aliphatic rings. The molecule has 3 fully saturated rings. The van der Waals surface area contributed by atoms with Crippen LogP contribution in [0.5, 0.6) is 0 Å². The predicted molar refractivity (Wildman–Crippen MR) is 70.5 cm³/mol. The smallest absolute Gasteiger partial charge is 0.306 e. The van der Waals surface area contributed by atoms with E-state index < -0.39 is 5.97 Å². The molecule has 3 rings (SSSR count). The molecule has 0 heterocycles. The van der Waals surface area contributed by atoms with E-state index in [1.165, 1.54) is 19.3 Å². The maximum atomic E-state index is 12.3. The van der Waals surface area contributed by atoms with Crippen molar-refractivity contribution in [1.82, 2.24) is 5.32 Å². The van der Waals surface area contributed by atoms with Gasteiger partial charge in [-0.2, -0.15) is 0 Å². The summed E-state index contributed by atoms with van der Waals surface area (Å²) in [7, 11) is 0. The molecule has 106 valence electrons. The second-order valence-corrected chi connectivity index (χ2v) is 6.69. The summed E-state index contributed by atoms with van der Waals surface area (Å²) in [6.45, 7) is 0. The molecule has 5 atom stereocenters. The maximum absolute atomic E-state index is 12.3. The molecule has 3 saturated carbocycles. The molecule has 0 aromatic heterocycles. The number of fused-ring (bicyclic) bond motifs is 2. The van der Waals surface area contributed by atoms with Crippen LogP contribution in [0.4, 0.5) is 0 Å². The second kappa shape index (κ2) is 5.14. The van der Waals surface area contributed by atoms with Crippen LogP contribution in [0.15, 0.2) is 0 Å². The maximum Gasteiger partial charge on any atom is 0.306 e. The van der Waals surface area contributed by atoms with E-state index >= 15 is 0 Å². The third-order valence-corrected chi connectivity index (χ3v) is 5.46. The summed E-state index contributed by atoms with van der Waals surface area (Å²) in [6, 6.07) is 0.372. The number of rotatable bonds is 3. The summed E-state index contributed by atoms with van der Waals surface area (Å²) in [5.74, 6) is 0.501. The Labute approximate surface area is 113 Å². The molecule has 19 heavy (non-hydrogen) atoms. The zero-order valence-electron chi connectivity index (χ0n) is 11.3. The lowest BCUT2D eigenvalue weighted by atomic mass is 9.80. The van der Waals surface area contributed by atoms with E-state index in [1.54, 1.807) is 0 Å². The summed E-state index contributed by atoms with van der Waals surface area (Å²) in [5.41, 5.74) is 0. The van der Waals surface area contributed by atoms with Crippen LogP contribution in [0.25, 0.3) is 0 Å². The minimum Gasteiger partial charge on any atom is -0.481 e. The van der Waals surface area contributed by atoms with Crippen molar-refractivity contribution >= 4 is 11.9 Å². The van der Waals surface area contributed by atoms with Gasteiger partial charge in [0.25, 0.3) is 0 Å². The van der Waals surface area contributed by atoms with Gasteiger partial charge in [-0.3, -0.25) is 9.59 Å². The summed E-state index contributed by atoms with van der Waals surface area (Å²) in [4.78, 5) is 23.3. The number of carboxylic acid groups (broad SMARTS) is 1. The van der Waals surface area contributed by atoms with E-state index in [4.69, 9.17) is 5.11 Å². The normalized spacial score (nSPS) is 41.2. The topological polar surface area (TPSA) is 66.4 Å². The van der Waals surface area contributed by atoms with E-state index in [-0.39, 0.29) is 17.7 Å².